The van der Waals surface area contributed by atoms with Crippen LogP contribution in [0.15, 0.2) is 48.5 Å². The van der Waals surface area contributed by atoms with Crippen molar-refractivity contribution in [2.24, 2.45) is 5.92 Å². The van der Waals surface area contributed by atoms with Crippen LogP contribution in [-0.2, 0) is 4.79 Å². The van der Waals surface area contributed by atoms with Crippen molar-refractivity contribution in [3.63, 3.8) is 0 Å². The Bertz CT molecular complexity index is 895. The zero-order valence-electron chi connectivity index (χ0n) is 13.3. The van der Waals surface area contributed by atoms with Crippen LogP contribution in [0.2, 0.25) is 0 Å². The highest BCUT2D eigenvalue weighted by molar-refractivity contribution is 5.72. The molecule has 0 bridgehead atoms. The SMILES string of the molecule is O=C(O)C1CCN(C2=c3ccccc3=COc3ccccc32)CC1. The molecule has 1 saturated heterocycles. The number of benzene rings is 2. The predicted octanol–water partition coefficient (Wildman–Crippen LogP) is 1.77. The van der Waals surface area contributed by atoms with Gasteiger partial charge in [-0.1, -0.05) is 36.4 Å². The summed E-state index contributed by atoms with van der Waals surface area (Å²) in [7, 11) is 0. The lowest BCUT2D eigenvalue weighted by molar-refractivity contribution is -0.143. The average Bonchev–Trinajstić information content (AvgIpc) is 2.79. The topological polar surface area (TPSA) is 49.8 Å². The fourth-order valence-electron chi connectivity index (χ4n) is 3.54. The van der Waals surface area contributed by atoms with Gasteiger partial charge >= 0.3 is 5.97 Å². The van der Waals surface area contributed by atoms with Crippen molar-refractivity contribution in [1.29, 1.82) is 0 Å². The van der Waals surface area contributed by atoms with Crippen LogP contribution in [-0.4, -0.2) is 29.1 Å². The number of carboxylic acids is 1. The molecule has 4 nitrogen and oxygen atoms in total. The molecule has 0 aromatic heterocycles. The summed E-state index contributed by atoms with van der Waals surface area (Å²) < 4.78 is 5.89. The Morgan fingerprint density at radius 1 is 1.04 bits per heavy atom. The first-order valence-corrected chi connectivity index (χ1v) is 8.27. The van der Waals surface area contributed by atoms with E-state index >= 15 is 0 Å². The van der Waals surface area contributed by atoms with Crippen molar-refractivity contribution in [3.8, 4) is 5.75 Å². The van der Waals surface area contributed by atoms with Crippen LogP contribution in [0.5, 0.6) is 5.75 Å². The van der Waals surface area contributed by atoms with Crippen LogP contribution in [0.4, 0.5) is 0 Å². The molecule has 0 aliphatic carbocycles. The van der Waals surface area contributed by atoms with Crippen LogP contribution in [0.3, 0.4) is 0 Å². The molecule has 0 amide bonds. The van der Waals surface area contributed by atoms with E-state index in [0.29, 0.717) is 12.8 Å². The van der Waals surface area contributed by atoms with Crippen molar-refractivity contribution in [3.05, 3.63) is 64.5 Å². The summed E-state index contributed by atoms with van der Waals surface area (Å²) in [6.07, 6.45) is 3.15. The minimum Gasteiger partial charge on any atom is -0.481 e. The van der Waals surface area contributed by atoms with Gasteiger partial charge in [-0.2, -0.15) is 0 Å². The third kappa shape index (κ3) is 2.54. The maximum Gasteiger partial charge on any atom is 0.306 e. The second-order valence-corrected chi connectivity index (χ2v) is 6.27. The number of para-hydroxylation sites is 1. The van der Waals surface area contributed by atoms with Gasteiger partial charge in [0.2, 0.25) is 0 Å². The molecule has 2 aromatic rings. The molecule has 0 spiro atoms. The molecule has 4 heteroatoms. The lowest BCUT2D eigenvalue weighted by Gasteiger charge is -2.34. The second kappa shape index (κ2) is 6.04. The molecule has 122 valence electrons. The van der Waals surface area contributed by atoms with Crippen molar-refractivity contribution >= 4 is 17.9 Å². The number of piperidine rings is 1. The Morgan fingerprint density at radius 2 is 1.75 bits per heavy atom. The van der Waals surface area contributed by atoms with Gasteiger partial charge in [0.1, 0.15) is 5.75 Å². The van der Waals surface area contributed by atoms with Crippen molar-refractivity contribution in [1.82, 2.24) is 4.90 Å². The van der Waals surface area contributed by atoms with E-state index in [1.54, 1.807) is 6.26 Å². The van der Waals surface area contributed by atoms with E-state index in [9.17, 15) is 9.90 Å². The normalized spacial score (nSPS) is 17.2. The Kier molecular flexibility index (Phi) is 3.73. The maximum atomic E-state index is 11.2. The van der Waals surface area contributed by atoms with Crippen LogP contribution in [0.25, 0.3) is 12.0 Å². The Balaban J connectivity index is 1.85. The van der Waals surface area contributed by atoms with E-state index in [4.69, 9.17) is 4.74 Å². The van der Waals surface area contributed by atoms with E-state index < -0.39 is 5.97 Å². The van der Waals surface area contributed by atoms with Crippen LogP contribution in [0.1, 0.15) is 18.4 Å². The minimum absolute atomic E-state index is 0.235. The third-order valence-electron chi connectivity index (χ3n) is 4.83. The molecule has 4 rings (SSSR count). The molecule has 2 heterocycles. The summed E-state index contributed by atoms with van der Waals surface area (Å²) in [5, 5.41) is 11.4. The van der Waals surface area contributed by atoms with Gasteiger partial charge in [0.15, 0.2) is 0 Å². The van der Waals surface area contributed by atoms with Gasteiger partial charge in [0.25, 0.3) is 0 Å². The Morgan fingerprint density at radius 3 is 2.54 bits per heavy atom. The van der Waals surface area contributed by atoms with Gasteiger partial charge in [-0.3, -0.25) is 4.79 Å². The summed E-state index contributed by atoms with van der Waals surface area (Å²) >= 11 is 0. The number of ether oxygens (including phenoxy) is 1. The number of carbonyl (C=O) groups is 1. The van der Waals surface area contributed by atoms with E-state index in [0.717, 1.165) is 40.5 Å². The lowest BCUT2D eigenvalue weighted by Crippen LogP contribution is -2.40. The zero-order valence-corrected chi connectivity index (χ0v) is 13.3. The Hall–Kier alpha value is -2.75. The fraction of sp³-hybridized carbons (Fsp3) is 0.250. The molecular weight excluding hydrogens is 302 g/mol. The summed E-state index contributed by atoms with van der Waals surface area (Å²) in [4.78, 5) is 13.5. The molecule has 1 fully saturated rings. The zero-order chi connectivity index (χ0) is 16.5. The van der Waals surface area contributed by atoms with Crippen LogP contribution >= 0.6 is 0 Å². The second-order valence-electron chi connectivity index (χ2n) is 6.27. The van der Waals surface area contributed by atoms with Gasteiger partial charge in [-0.05, 0) is 25.0 Å². The summed E-state index contributed by atoms with van der Waals surface area (Å²) in [6, 6.07) is 16.2. The number of fused-ring (bicyclic) bond motifs is 2. The summed E-state index contributed by atoms with van der Waals surface area (Å²) in [6.45, 7) is 1.49. The number of rotatable bonds is 2. The predicted molar refractivity (Wildman–Crippen MR) is 91.7 cm³/mol. The Labute approximate surface area is 140 Å². The smallest absolute Gasteiger partial charge is 0.306 e. The van der Waals surface area contributed by atoms with Crippen molar-refractivity contribution in [2.75, 3.05) is 13.1 Å². The van der Waals surface area contributed by atoms with E-state index in [2.05, 4.69) is 17.0 Å². The number of nitrogens with zero attached hydrogens (tertiary/aromatic N) is 1. The summed E-state index contributed by atoms with van der Waals surface area (Å²) in [5.74, 6) is -0.0806. The number of aliphatic carboxylic acids is 1. The van der Waals surface area contributed by atoms with Gasteiger partial charge in [0.05, 0.1) is 17.9 Å². The number of hydrogen-bond donors (Lipinski definition) is 1. The highest BCUT2D eigenvalue weighted by Gasteiger charge is 2.27. The highest BCUT2D eigenvalue weighted by Crippen LogP contribution is 2.30. The molecule has 2 aliphatic rings. The highest BCUT2D eigenvalue weighted by atomic mass is 16.5. The number of likely N-dealkylation sites (tertiary alicyclic amines) is 1. The fourth-order valence-corrected chi connectivity index (χ4v) is 3.54. The first kappa shape index (κ1) is 14.8. The molecule has 0 unspecified atom stereocenters. The molecule has 1 N–H and O–H groups in total. The van der Waals surface area contributed by atoms with Crippen molar-refractivity contribution < 1.29 is 14.6 Å². The minimum atomic E-state index is -0.682. The average molecular weight is 321 g/mol. The first-order chi connectivity index (χ1) is 11.7. The van der Waals surface area contributed by atoms with Gasteiger partial charge in [-0.25, -0.2) is 0 Å². The van der Waals surface area contributed by atoms with Gasteiger partial charge in [0, 0.05) is 29.1 Å². The first-order valence-electron chi connectivity index (χ1n) is 8.27. The summed E-state index contributed by atoms with van der Waals surface area (Å²) in [5.41, 5.74) is 2.20. The molecular formula is C20H19NO3. The number of hydrogen-bond acceptors (Lipinski definition) is 3. The largest absolute Gasteiger partial charge is 0.481 e. The maximum absolute atomic E-state index is 11.2. The molecule has 0 atom stereocenters. The van der Waals surface area contributed by atoms with Gasteiger partial charge in [-0.15, -0.1) is 0 Å². The molecule has 24 heavy (non-hydrogen) atoms. The molecule has 0 radical (unpaired) electrons. The van der Waals surface area contributed by atoms with Gasteiger partial charge < -0.3 is 14.7 Å². The molecule has 0 saturated carbocycles. The van der Waals surface area contributed by atoms with Crippen molar-refractivity contribution in [2.45, 2.75) is 12.8 Å². The molecule has 2 aliphatic heterocycles. The number of carboxylic acid groups (broad SMARTS) is 1. The third-order valence-corrected chi connectivity index (χ3v) is 4.83. The standard InChI is InChI=1S/C20H19NO3/c22-20(23)14-9-11-21(12-10-14)19-16-6-2-1-5-15(16)13-24-18-8-4-3-7-17(18)19/h1-8,13-14H,9-12H2,(H,22,23). The monoisotopic (exact) mass is 321 g/mol. The lowest BCUT2D eigenvalue weighted by atomic mass is 9.95. The van der Waals surface area contributed by atoms with Crippen LogP contribution in [0, 0.1) is 5.92 Å². The van der Waals surface area contributed by atoms with E-state index in [-0.39, 0.29) is 5.92 Å². The van der Waals surface area contributed by atoms with E-state index in [1.807, 2.05) is 36.4 Å². The molecule has 2 aromatic carbocycles. The van der Waals surface area contributed by atoms with Crippen LogP contribution < -0.4 is 15.2 Å². The van der Waals surface area contributed by atoms with E-state index in [1.165, 1.54) is 0 Å². The quantitative estimate of drug-likeness (QED) is 0.916.